The van der Waals surface area contributed by atoms with Crippen molar-refractivity contribution in [3.63, 3.8) is 0 Å². The van der Waals surface area contributed by atoms with E-state index in [9.17, 15) is 14.4 Å². The van der Waals surface area contributed by atoms with Gasteiger partial charge in [-0.3, -0.25) is 14.4 Å². The second-order valence-corrected chi connectivity index (χ2v) is 11.8. The van der Waals surface area contributed by atoms with Crippen molar-refractivity contribution in [2.75, 3.05) is 64.2 Å². The molecule has 242 valence electrons. The minimum absolute atomic E-state index is 0.233. The number of fused-ring (bicyclic) bond motifs is 1. The zero-order valence-electron chi connectivity index (χ0n) is 27.1. The molecule has 1 aliphatic heterocycles. The van der Waals surface area contributed by atoms with Gasteiger partial charge >= 0.3 is 0 Å². The van der Waals surface area contributed by atoms with Crippen molar-refractivity contribution in [2.24, 2.45) is 0 Å². The van der Waals surface area contributed by atoms with Crippen molar-refractivity contribution in [2.45, 2.75) is 32.6 Å². The average Bonchev–Trinajstić information content (AvgIpc) is 3.55. The van der Waals surface area contributed by atoms with Crippen molar-refractivity contribution in [3.05, 3.63) is 83.6 Å². The van der Waals surface area contributed by atoms with Gasteiger partial charge in [-0.25, -0.2) is 0 Å². The van der Waals surface area contributed by atoms with Crippen molar-refractivity contribution in [3.8, 4) is 11.5 Å². The number of unbranched alkanes of at least 4 members (excludes halogenated alkanes) is 2. The number of methoxy groups -OCH3 is 1. The van der Waals surface area contributed by atoms with E-state index < -0.39 is 0 Å². The molecule has 10 nitrogen and oxygen atoms in total. The summed E-state index contributed by atoms with van der Waals surface area (Å²) in [5.41, 5.74) is 3.79. The Morgan fingerprint density at radius 3 is 2.52 bits per heavy atom. The molecular formula is C36H43N5O5. The van der Waals surface area contributed by atoms with Gasteiger partial charge in [0.25, 0.3) is 11.8 Å². The molecule has 5 rings (SSSR count). The first-order valence-corrected chi connectivity index (χ1v) is 15.8. The number of anilines is 2. The van der Waals surface area contributed by atoms with Crippen molar-refractivity contribution in [1.82, 2.24) is 14.8 Å². The molecule has 1 saturated heterocycles. The highest BCUT2D eigenvalue weighted by Gasteiger charge is 2.21. The van der Waals surface area contributed by atoms with Gasteiger partial charge in [0, 0.05) is 56.8 Å². The molecular weight excluding hydrogens is 582 g/mol. The Hall–Kier alpha value is -4.83. The van der Waals surface area contributed by atoms with E-state index in [1.807, 2.05) is 48.2 Å². The Kier molecular flexibility index (Phi) is 10.6. The third-order valence-corrected chi connectivity index (χ3v) is 8.46. The van der Waals surface area contributed by atoms with Crippen LogP contribution in [-0.2, 0) is 4.79 Å². The molecule has 4 aromatic rings. The lowest BCUT2D eigenvalue weighted by Gasteiger charge is -2.32. The molecule has 0 atom stereocenters. The number of rotatable bonds is 12. The summed E-state index contributed by atoms with van der Waals surface area (Å²) in [5.74, 6) is 0.696. The Balaban J connectivity index is 1.18. The average molecular weight is 626 g/mol. The van der Waals surface area contributed by atoms with E-state index in [-0.39, 0.29) is 17.7 Å². The van der Waals surface area contributed by atoms with Crippen LogP contribution in [0.3, 0.4) is 0 Å². The van der Waals surface area contributed by atoms with Crippen molar-refractivity contribution in [1.29, 1.82) is 0 Å². The van der Waals surface area contributed by atoms with Gasteiger partial charge in [0.2, 0.25) is 5.91 Å². The number of nitrogens with one attached hydrogen (secondary N) is 2. The van der Waals surface area contributed by atoms with E-state index in [0.717, 1.165) is 61.9 Å². The van der Waals surface area contributed by atoms with E-state index in [4.69, 9.17) is 9.47 Å². The van der Waals surface area contributed by atoms with Gasteiger partial charge < -0.3 is 34.5 Å². The van der Waals surface area contributed by atoms with Crippen LogP contribution < -0.4 is 19.7 Å². The predicted octanol–water partition coefficient (Wildman–Crippen LogP) is 5.73. The topological polar surface area (TPSA) is 107 Å². The number of ether oxygens (including phenoxy) is 2. The Morgan fingerprint density at radius 1 is 0.935 bits per heavy atom. The van der Waals surface area contributed by atoms with Crippen LogP contribution in [0, 0.1) is 6.92 Å². The van der Waals surface area contributed by atoms with Gasteiger partial charge in [0.05, 0.1) is 36.2 Å². The van der Waals surface area contributed by atoms with Crippen LogP contribution in [0.1, 0.15) is 52.0 Å². The lowest BCUT2D eigenvalue weighted by atomic mass is 10.1. The number of para-hydroxylation sites is 1. The van der Waals surface area contributed by atoms with Crippen molar-refractivity contribution < 1.29 is 23.9 Å². The minimum Gasteiger partial charge on any atom is -0.495 e. The van der Waals surface area contributed by atoms with Crippen LogP contribution in [0.25, 0.3) is 10.9 Å². The second-order valence-electron chi connectivity index (χ2n) is 11.8. The molecule has 2 N–H and O–H groups in total. The third-order valence-electron chi connectivity index (χ3n) is 8.46. The highest BCUT2D eigenvalue weighted by Crippen LogP contribution is 2.32. The zero-order chi connectivity index (χ0) is 32.6. The number of aryl methyl sites for hydroxylation is 1. The number of carbonyl (C=O) groups is 3. The van der Waals surface area contributed by atoms with Crippen molar-refractivity contribution >= 4 is 40.0 Å². The maximum Gasteiger partial charge on any atom is 0.258 e. The normalized spacial score (nSPS) is 13.4. The number of H-pyrrole nitrogens is 1. The fourth-order valence-corrected chi connectivity index (χ4v) is 5.66. The maximum atomic E-state index is 13.6. The molecule has 2 heterocycles. The summed E-state index contributed by atoms with van der Waals surface area (Å²) in [4.78, 5) is 48.1. The number of aromatic amines is 1. The summed E-state index contributed by atoms with van der Waals surface area (Å²) < 4.78 is 11.7. The number of piperazine rings is 1. The monoisotopic (exact) mass is 625 g/mol. The number of likely N-dealkylation sites (N-methyl/N-ethyl adjacent to an activating group) is 1. The van der Waals surface area contributed by atoms with Gasteiger partial charge in [-0.05, 0) is 81.3 Å². The van der Waals surface area contributed by atoms with Gasteiger partial charge in [-0.1, -0.05) is 18.2 Å². The quantitative estimate of drug-likeness (QED) is 0.195. The summed E-state index contributed by atoms with van der Waals surface area (Å²) in [6, 6.07) is 18.2. The summed E-state index contributed by atoms with van der Waals surface area (Å²) in [7, 11) is 5.30. The number of hydrogen-bond donors (Lipinski definition) is 2. The molecule has 0 radical (unpaired) electrons. The fourth-order valence-electron chi connectivity index (χ4n) is 5.66. The number of carbonyl (C=O) groups excluding carboxylic acids is 3. The Labute approximate surface area is 270 Å². The highest BCUT2D eigenvalue weighted by molar-refractivity contribution is 6.13. The summed E-state index contributed by atoms with van der Waals surface area (Å²) in [5, 5.41) is 3.85. The standard InChI is InChI=1S/C36H43N5O5/c1-25-12-15-30(32(23-25)46-22-7-5-6-11-33(42)41-20-18-39(2)19-21-41)40(3)36(44)27-13-14-29(31(24-27)45-4)38-35(43)28-10-8-9-26-16-17-37-34(26)28/h8-10,12-17,23-24,37H,5-7,11,18-22H2,1-4H3,(H,38,43). The van der Waals surface area contributed by atoms with E-state index in [2.05, 4.69) is 22.2 Å². The van der Waals surface area contributed by atoms with Gasteiger partial charge in [0.15, 0.2) is 0 Å². The largest absolute Gasteiger partial charge is 0.495 e. The first-order chi connectivity index (χ1) is 22.2. The van der Waals surface area contributed by atoms with Gasteiger partial charge in [0.1, 0.15) is 11.5 Å². The first kappa shape index (κ1) is 32.6. The number of aromatic nitrogens is 1. The number of benzene rings is 3. The second kappa shape index (κ2) is 15.0. The predicted molar refractivity (Wildman–Crippen MR) is 181 cm³/mol. The molecule has 1 aliphatic rings. The van der Waals surface area contributed by atoms with E-state index in [0.29, 0.717) is 47.0 Å². The van der Waals surface area contributed by atoms with E-state index >= 15 is 0 Å². The molecule has 0 aliphatic carbocycles. The molecule has 1 fully saturated rings. The van der Waals surface area contributed by atoms with Crippen LogP contribution in [0.5, 0.6) is 11.5 Å². The molecule has 1 aromatic heterocycles. The highest BCUT2D eigenvalue weighted by atomic mass is 16.5. The SMILES string of the molecule is COc1cc(C(=O)N(C)c2ccc(C)cc2OCCCCCC(=O)N2CCN(C)CC2)ccc1NC(=O)c1cccc2cc[nH]c12. The summed E-state index contributed by atoms with van der Waals surface area (Å²) in [6.07, 6.45) is 4.88. The summed E-state index contributed by atoms with van der Waals surface area (Å²) >= 11 is 0. The lowest BCUT2D eigenvalue weighted by molar-refractivity contribution is -0.132. The zero-order valence-corrected chi connectivity index (χ0v) is 27.1. The summed E-state index contributed by atoms with van der Waals surface area (Å²) in [6.45, 7) is 5.94. The molecule has 0 spiro atoms. The molecule has 0 saturated carbocycles. The van der Waals surface area contributed by atoms with Crippen LogP contribution in [0.2, 0.25) is 0 Å². The molecule has 46 heavy (non-hydrogen) atoms. The molecule has 3 amide bonds. The number of nitrogens with zero attached hydrogens (tertiary/aromatic N) is 3. The molecule has 10 heteroatoms. The molecule has 3 aromatic carbocycles. The van der Waals surface area contributed by atoms with E-state index in [1.54, 1.807) is 42.4 Å². The number of hydrogen-bond acceptors (Lipinski definition) is 6. The van der Waals surface area contributed by atoms with Crippen LogP contribution in [-0.4, -0.2) is 86.5 Å². The fraction of sp³-hybridized carbons (Fsp3) is 0.361. The molecule has 0 unspecified atom stereocenters. The first-order valence-electron chi connectivity index (χ1n) is 15.8. The van der Waals surface area contributed by atoms with Crippen LogP contribution >= 0.6 is 0 Å². The molecule has 0 bridgehead atoms. The van der Waals surface area contributed by atoms with Gasteiger partial charge in [-0.2, -0.15) is 0 Å². The third kappa shape index (κ3) is 7.69. The van der Waals surface area contributed by atoms with E-state index in [1.165, 1.54) is 7.11 Å². The smallest absolute Gasteiger partial charge is 0.258 e. The van der Waals surface area contributed by atoms with Crippen LogP contribution in [0.15, 0.2) is 66.9 Å². The maximum absolute atomic E-state index is 13.6. The number of amides is 3. The Morgan fingerprint density at radius 2 is 1.74 bits per heavy atom. The van der Waals surface area contributed by atoms with Gasteiger partial charge in [-0.15, -0.1) is 0 Å². The minimum atomic E-state index is -0.286. The van der Waals surface area contributed by atoms with Crippen LogP contribution in [0.4, 0.5) is 11.4 Å². The lowest BCUT2D eigenvalue weighted by Crippen LogP contribution is -2.47. The Bertz CT molecular complexity index is 1690.